The van der Waals surface area contributed by atoms with Gasteiger partial charge < -0.3 is 9.47 Å². The van der Waals surface area contributed by atoms with E-state index in [1.807, 2.05) is 6.07 Å². The van der Waals surface area contributed by atoms with Gasteiger partial charge >= 0.3 is 0 Å². The van der Waals surface area contributed by atoms with Crippen molar-refractivity contribution < 1.29 is 9.47 Å². The molecular formula is C14H18O2. The molecule has 86 valence electrons. The predicted octanol–water partition coefficient (Wildman–Crippen LogP) is 3.49. The minimum absolute atomic E-state index is 0.379. The molecule has 2 nitrogen and oxygen atoms in total. The molecule has 0 amide bonds. The molecule has 0 N–H and O–H groups in total. The minimum Gasteiger partial charge on any atom is -0.462 e. The Labute approximate surface area is 96.9 Å². The monoisotopic (exact) mass is 218 g/mol. The van der Waals surface area contributed by atoms with Crippen molar-refractivity contribution in [1.29, 1.82) is 0 Å². The van der Waals surface area contributed by atoms with E-state index in [1.165, 1.54) is 5.56 Å². The Morgan fingerprint density at radius 1 is 1.25 bits per heavy atom. The average Bonchev–Trinajstić information content (AvgIpc) is 2.83. The lowest BCUT2D eigenvalue weighted by atomic mass is 9.93. The van der Waals surface area contributed by atoms with Crippen LogP contribution >= 0.6 is 0 Å². The highest BCUT2D eigenvalue weighted by Crippen LogP contribution is 2.25. The maximum absolute atomic E-state index is 5.48. The van der Waals surface area contributed by atoms with Gasteiger partial charge in [-0.2, -0.15) is 0 Å². The predicted molar refractivity (Wildman–Crippen MR) is 63.7 cm³/mol. The Morgan fingerprint density at radius 3 is 2.69 bits per heavy atom. The molecule has 2 heteroatoms. The van der Waals surface area contributed by atoms with Gasteiger partial charge in [0.15, 0.2) is 0 Å². The molecule has 1 aromatic rings. The summed E-state index contributed by atoms with van der Waals surface area (Å²) in [5, 5.41) is 0. The third-order valence-corrected chi connectivity index (χ3v) is 2.86. The molecule has 0 aromatic heterocycles. The summed E-state index contributed by atoms with van der Waals surface area (Å²) < 4.78 is 10.6. The quantitative estimate of drug-likeness (QED) is 0.753. The largest absolute Gasteiger partial charge is 0.462 e. The molecule has 0 radical (unpaired) electrons. The number of hydrogen-bond acceptors (Lipinski definition) is 2. The Morgan fingerprint density at radius 2 is 2.06 bits per heavy atom. The molecule has 0 spiro atoms. The fraction of sp³-hybridized carbons (Fsp3) is 0.429. The molecule has 0 saturated heterocycles. The van der Waals surface area contributed by atoms with Gasteiger partial charge in [0, 0.05) is 5.92 Å². The van der Waals surface area contributed by atoms with Crippen molar-refractivity contribution in [3.8, 4) is 0 Å². The number of allylic oxidation sites excluding steroid dienone is 1. The molecule has 0 fully saturated rings. The van der Waals surface area contributed by atoms with Crippen LogP contribution in [0.25, 0.3) is 0 Å². The van der Waals surface area contributed by atoms with Gasteiger partial charge in [0.1, 0.15) is 12.0 Å². The van der Waals surface area contributed by atoms with E-state index < -0.39 is 0 Å². The Bertz CT molecular complexity index is 343. The van der Waals surface area contributed by atoms with Crippen LogP contribution in [0, 0.1) is 5.92 Å². The lowest BCUT2D eigenvalue weighted by Crippen LogP contribution is -2.08. The molecule has 0 aliphatic carbocycles. The van der Waals surface area contributed by atoms with Crippen LogP contribution in [0.4, 0.5) is 0 Å². The Hall–Kier alpha value is -1.44. The van der Waals surface area contributed by atoms with E-state index in [0.29, 0.717) is 12.7 Å². The van der Waals surface area contributed by atoms with Gasteiger partial charge in [-0.15, -0.1) is 0 Å². The van der Waals surface area contributed by atoms with Crippen LogP contribution in [0.15, 0.2) is 42.4 Å². The first kappa shape index (κ1) is 11.1. The number of hydrogen-bond donors (Lipinski definition) is 0. The Balaban J connectivity index is 2.02. The number of rotatable bonds is 5. The molecule has 1 aliphatic rings. The van der Waals surface area contributed by atoms with Crippen LogP contribution in [0.5, 0.6) is 0 Å². The zero-order valence-corrected chi connectivity index (χ0v) is 9.69. The van der Waals surface area contributed by atoms with Crippen molar-refractivity contribution >= 4 is 0 Å². The van der Waals surface area contributed by atoms with E-state index in [2.05, 4.69) is 31.2 Å². The van der Waals surface area contributed by atoms with Gasteiger partial charge in [0.2, 0.25) is 6.79 Å². The van der Waals surface area contributed by atoms with E-state index in [4.69, 9.17) is 9.47 Å². The SMILES string of the molecule is CCCC(Cc1ccccc1)C1=COCO1. The van der Waals surface area contributed by atoms with Crippen LogP contribution < -0.4 is 0 Å². The normalized spacial score (nSPS) is 16.2. The van der Waals surface area contributed by atoms with E-state index in [9.17, 15) is 0 Å². The summed E-state index contributed by atoms with van der Waals surface area (Å²) in [4.78, 5) is 0. The summed E-state index contributed by atoms with van der Waals surface area (Å²) in [5.74, 6) is 1.46. The molecule has 2 rings (SSSR count). The highest BCUT2D eigenvalue weighted by Gasteiger charge is 2.19. The van der Waals surface area contributed by atoms with Crippen molar-refractivity contribution in [3.63, 3.8) is 0 Å². The Kier molecular flexibility index (Phi) is 3.86. The zero-order valence-electron chi connectivity index (χ0n) is 9.69. The fourth-order valence-electron chi connectivity index (χ4n) is 2.06. The van der Waals surface area contributed by atoms with Crippen molar-refractivity contribution in [2.45, 2.75) is 26.2 Å². The zero-order chi connectivity index (χ0) is 11.2. The fourth-order valence-corrected chi connectivity index (χ4v) is 2.06. The standard InChI is InChI=1S/C14H18O2/c1-2-6-13(14-10-15-11-16-14)9-12-7-4-3-5-8-12/h3-5,7-8,10,13H,2,6,9,11H2,1H3. The van der Waals surface area contributed by atoms with Gasteiger partial charge in [-0.1, -0.05) is 43.7 Å². The summed E-state index contributed by atoms with van der Waals surface area (Å²) >= 11 is 0. The lowest BCUT2D eigenvalue weighted by molar-refractivity contribution is 0.0696. The first-order valence-electron chi connectivity index (χ1n) is 5.88. The summed E-state index contributed by atoms with van der Waals surface area (Å²) in [6.45, 7) is 2.58. The highest BCUT2D eigenvalue weighted by molar-refractivity contribution is 5.17. The lowest BCUT2D eigenvalue weighted by Gasteiger charge is -2.15. The second-order valence-electron chi connectivity index (χ2n) is 4.12. The van der Waals surface area contributed by atoms with E-state index >= 15 is 0 Å². The molecule has 0 bridgehead atoms. The van der Waals surface area contributed by atoms with Crippen molar-refractivity contribution in [3.05, 3.63) is 47.9 Å². The van der Waals surface area contributed by atoms with Gasteiger partial charge in [-0.25, -0.2) is 0 Å². The first-order chi connectivity index (χ1) is 7.90. The van der Waals surface area contributed by atoms with Crippen molar-refractivity contribution in [2.24, 2.45) is 5.92 Å². The molecule has 1 aromatic carbocycles. The van der Waals surface area contributed by atoms with Crippen LogP contribution in [0.3, 0.4) is 0 Å². The van der Waals surface area contributed by atoms with Crippen LogP contribution in [-0.2, 0) is 15.9 Å². The molecule has 1 unspecified atom stereocenters. The third kappa shape index (κ3) is 2.78. The van der Waals surface area contributed by atoms with Crippen LogP contribution in [0.1, 0.15) is 25.3 Å². The first-order valence-corrected chi connectivity index (χ1v) is 5.88. The van der Waals surface area contributed by atoms with Crippen molar-refractivity contribution in [1.82, 2.24) is 0 Å². The summed E-state index contributed by atoms with van der Waals surface area (Å²) in [6.07, 6.45) is 5.11. The van der Waals surface area contributed by atoms with Gasteiger partial charge in [0.25, 0.3) is 0 Å². The minimum atomic E-state index is 0.379. The van der Waals surface area contributed by atoms with Gasteiger partial charge in [0.05, 0.1) is 0 Å². The second-order valence-corrected chi connectivity index (χ2v) is 4.12. The maximum Gasteiger partial charge on any atom is 0.229 e. The van der Waals surface area contributed by atoms with Crippen molar-refractivity contribution in [2.75, 3.05) is 6.79 Å². The molecule has 16 heavy (non-hydrogen) atoms. The molecular weight excluding hydrogens is 200 g/mol. The third-order valence-electron chi connectivity index (χ3n) is 2.86. The number of benzene rings is 1. The smallest absolute Gasteiger partial charge is 0.229 e. The molecule has 1 aliphatic heterocycles. The van der Waals surface area contributed by atoms with E-state index in [-0.39, 0.29) is 0 Å². The van der Waals surface area contributed by atoms with Crippen LogP contribution in [-0.4, -0.2) is 6.79 Å². The molecule has 0 saturated carbocycles. The highest BCUT2D eigenvalue weighted by atomic mass is 16.7. The maximum atomic E-state index is 5.48. The summed E-state index contributed by atoms with van der Waals surface area (Å²) in [5.41, 5.74) is 1.36. The average molecular weight is 218 g/mol. The van der Waals surface area contributed by atoms with E-state index in [1.54, 1.807) is 6.26 Å². The summed E-state index contributed by atoms with van der Waals surface area (Å²) in [6, 6.07) is 10.5. The van der Waals surface area contributed by atoms with Gasteiger partial charge in [-0.05, 0) is 18.4 Å². The van der Waals surface area contributed by atoms with Gasteiger partial charge in [-0.3, -0.25) is 0 Å². The molecule has 1 atom stereocenters. The van der Waals surface area contributed by atoms with E-state index in [0.717, 1.165) is 25.0 Å². The topological polar surface area (TPSA) is 18.5 Å². The van der Waals surface area contributed by atoms with Crippen LogP contribution in [0.2, 0.25) is 0 Å². The summed E-state index contributed by atoms with van der Waals surface area (Å²) in [7, 11) is 0. The second kappa shape index (κ2) is 5.59. The number of ether oxygens (including phenoxy) is 2. The molecule has 1 heterocycles.